The molecule has 0 saturated carbocycles. The molecule has 35 heavy (non-hydrogen) atoms. The van der Waals surface area contributed by atoms with Crippen LogP contribution < -0.4 is 0 Å². The normalized spacial score (nSPS) is 13.5. The Morgan fingerprint density at radius 2 is 1.11 bits per heavy atom. The van der Waals surface area contributed by atoms with E-state index < -0.39 is 0 Å². The Morgan fingerprint density at radius 1 is 0.486 bits per heavy atom. The lowest BCUT2D eigenvalue weighted by Crippen LogP contribution is -1.96. The minimum Gasteiger partial charge on any atom is -0.315 e. The summed E-state index contributed by atoms with van der Waals surface area (Å²) in [5, 5.41) is 6.88. The summed E-state index contributed by atoms with van der Waals surface area (Å²) >= 11 is 0. The standard InChI is InChI=1S/C34H21N/c1-5-11-24-20(7-1)17-29-27(24)15-16-31-32(29)28-14-13-26-23-10-4-2-8-21(23)18-30(26)33(28)34-25-12-6-3-9-22(25)19-35(31)34/h1-16,19H,17-18H2. The minimum absolute atomic E-state index is 0.999. The van der Waals surface area contributed by atoms with E-state index in [0.717, 1.165) is 12.8 Å². The molecule has 7 aromatic rings. The first-order valence-electron chi connectivity index (χ1n) is 12.5. The van der Waals surface area contributed by atoms with Crippen molar-refractivity contribution in [2.45, 2.75) is 12.8 Å². The molecule has 0 saturated heterocycles. The Hall–Kier alpha value is -4.36. The molecule has 2 heterocycles. The zero-order chi connectivity index (χ0) is 22.7. The molecular formula is C34H21N. The monoisotopic (exact) mass is 443 g/mol. The molecule has 1 nitrogen and oxygen atoms in total. The summed E-state index contributed by atoms with van der Waals surface area (Å²) in [4.78, 5) is 0. The topological polar surface area (TPSA) is 4.41 Å². The third kappa shape index (κ3) is 2.15. The third-order valence-electron chi connectivity index (χ3n) is 8.44. The van der Waals surface area contributed by atoms with Crippen molar-refractivity contribution >= 4 is 38.0 Å². The molecule has 0 atom stereocenters. The van der Waals surface area contributed by atoms with Gasteiger partial charge in [-0.05, 0) is 68.8 Å². The predicted octanol–water partition coefficient (Wildman–Crippen LogP) is 8.54. The van der Waals surface area contributed by atoms with Gasteiger partial charge >= 0.3 is 0 Å². The molecule has 0 bridgehead atoms. The summed E-state index contributed by atoms with van der Waals surface area (Å²) in [5.74, 6) is 0. The van der Waals surface area contributed by atoms with Crippen LogP contribution in [-0.4, -0.2) is 4.40 Å². The highest BCUT2D eigenvalue weighted by atomic mass is 14.9. The Morgan fingerprint density at radius 3 is 1.89 bits per heavy atom. The fraction of sp³-hybridized carbons (Fsp3) is 0.0588. The van der Waals surface area contributed by atoms with Crippen LogP contribution in [0.4, 0.5) is 0 Å². The van der Waals surface area contributed by atoms with E-state index in [-0.39, 0.29) is 0 Å². The van der Waals surface area contributed by atoms with E-state index in [1.54, 1.807) is 0 Å². The molecule has 162 valence electrons. The molecular weight excluding hydrogens is 422 g/mol. The van der Waals surface area contributed by atoms with Gasteiger partial charge in [-0.1, -0.05) is 91.0 Å². The van der Waals surface area contributed by atoms with Crippen LogP contribution in [0, 0.1) is 0 Å². The summed E-state index contributed by atoms with van der Waals surface area (Å²) in [5.41, 5.74) is 14.1. The van der Waals surface area contributed by atoms with Gasteiger partial charge in [0.05, 0.1) is 11.0 Å². The molecule has 0 amide bonds. The van der Waals surface area contributed by atoms with E-state index in [9.17, 15) is 0 Å². The molecule has 0 radical (unpaired) electrons. The average Bonchev–Trinajstić information content (AvgIpc) is 3.59. The number of hydrogen-bond donors (Lipinski definition) is 0. The van der Waals surface area contributed by atoms with Crippen molar-refractivity contribution in [2.75, 3.05) is 0 Å². The highest BCUT2D eigenvalue weighted by Crippen LogP contribution is 2.48. The van der Waals surface area contributed by atoms with E-state index in [1.165, 1.54) is 82.5 Å². The second-order valence-corrected chi connectivity index (χ2v) is 10.1. The largest absolute Gasteiger partial charge is 0.315 e. The van der Waals surface area contributed by atoms with Gasteiger partial charge in [-0.25, -0.2) is 0 Å². The Kier molecular flexibility index (Phi) is 3.19. The lowest BCUT2D eigenvalue weighted by Gasteiger charge is -2.16. The number of pyridine rings is 1. The van der Waals surface area contributed by atoms with Crippen molar-refractivity contribution in [1.29, 1.82) is 0 Å². The van der Waals surface area contributed by atoms with Gasteiger partial charge in [0.15, 0.2) is 0 Å². The summed E-state index contributed by atoms with van der Waals surface area (Å²) in [7, 11) is 0. The minimum atomic E-state index is 0.999. The first kappa shape index (κ1) is 18.0. The van der Waals surface area contributed by atoms with Gasteiger partial charge in [-0.15, -0.1) is 0 Å². The van der Waals surface area contributed by atoms with Gasteiger partial charge in [0, 0.05) is 27.7 Å². The maximum Gasteiger partial charge on any atom is 0.0616 e. The van der Waals surface area contributed by atoms with Crippen LogP contribution in [0.3, 0.4) is 0 Å². The Bertz CT molecular complexity index is 2050. The fourth-order valence-electron chi connectivity index (χ4n) is 6.99. The summed E-state index contributed by atoms with van der Waals surface area (Å²) in [6, 6.07) is 36.2. The molecule has 9 rings (SSSR count). The van der Waals surface area contributed by atoms with E-state index in [4.69, 9.17) is 0 Å². The van der Waals surface area contributed by atoms with E-state index in [0.29, 0.717) is 0 Å². The molecule has 2 aromatic heterocycles. The molecule has 0 aliphatic heterocycles. The molecule has 0 unspecified atom stereocenters. The van der Waals surface area contributed by atoms with E-state index in [1.807, 2.05) is 0 Å². The average molecular weight is 444 g/mol. The maximum atomic E-state index is 2.48. The zero-order valence-corrected chi connectivity index (χ0v) is 19.2. The van der Waals surface area contributed by atoms with Gasteiger partial charge in [0.1, 0.15) is 0 Å². The first-order valence-corrected chi connectivity index (χ1v) is 12.5. The van der Waals surface area contributed by atoms with Crippen LogP contribution in [0.5, 0.6) is 0 Å². The summed E-state index contributed by atoms with van der Waals surface area (Å²) in [6.45, 7) is 0. The summed E-state index contributed by atoms with van der Waals surface area (Å²) < 4.78 is 2.48. The van der Waals surface area contributed by atoms with Gasteiger partial charge in [-0.2, -0.15) is 0 Å². The van der Waals surface area contributed by atoms with Gasteiger partial charge in [0.2, 0.25) is 0 Å². The molecule has 1 heteroatoms. The lowest BCUT2D eigenvalue weighted by atomic mass is 9.92. The van der Waals surface area contributed by atoms with Crippen LogP contribution in [0.1, 0.15) is 22.3 Å². The van der Waals surface area contributed by atoms with Crippen LogP contribution in [0.25, 0.3) is 60.2 Å². The Balaban J connectivity index is 1.54. The molecule has 0 spiro atoms. The number of hydrogen-bond acceptors (Lipinski definition) is 0. The van der Waals surface area contributed by atoms with Crippen molar-refractivity contribution in [3.05, 3.63) is 126 Å². The van der Waals surface area contributed by atoms with Gasteiger partial charge in [-0.3, -0.25) is 0 Å². The van der Waals surface area contributed by atoms with Crippen molar-refractivity contribution in [1.82, 2.24) is 4.40 Å². The van der Waals surface area contributed by atoms with E-state index in [2.05, 4.69) is 108 Å². The third-order valence-corrected chi connectivity index (χ3v) is 8.44. The van der Waals surface area contributed by atoms with Gasteiger partial charge in [0.25, 0.3) is 0 Å². The lowest BCUT2D eigenvalue weighted by molar-refractivity contribution is 1.25. The highest BCUT2D eigenvalue weighted by Gasteiger charge is 2.27. The SMILES string of the molecule is c1ccc2c(c1)Cc1c-2ccc2c1c1ccc3c(c1c1c4ccccc4cn21)Cc1ccccc1-3. The second-order valence-electron chi connectivity index (χ2n) is 10.1. The molecule has 2 aliphatic rings. The number of benzene rings is 5. The number of nitrogens with zero attached hydrogens (tertiary/aromatic N) is 1. The quantitative estimate of drug-likeness (QED) is 0.207. The molecule has 5 aromatic carbocycles. The maximum absolute atomic E-state index is 2.48. The zero-order valence-electron chi connectivity index (χ0n) is 19.2. The van der Waals surface area contributed by atoms with Crippen molar-refractivity contribution < 1.29 is 0 Å². The van der Waals surface area contributed by atoms with Crippen LogP contribution in [0.2, 0.25) is 0 Å². The number of aromatic nitrogens is 1. The highest BCUT2D eigenvalue weighted by molar-refractivity contribution is 6.23. The van der Waals surface area contributed by atoms with E-state index >= 15 is 0 Å². The van der Waals surface area contributed by atoms with Crippen molar-refractivity contribution in [3.63, 3.8) is 0 Å². The fourth-order valence-corrected chi connectivity index (χ4v) is 6.99. The molecule has 2 aliphatic carbocycles. The second kappa shape index (κ2) is 6.20. The van der Waals surface area contributed by atoms with Crippen LogP contribution in [-0.2, 0) is 12.8 Å². The number of rotatable bonds is 0. The number of fused-ring (bicyclic) bond motifs is 16. The first-order chi connectivity index (χ1) is 17.4. The summed E-state index contributed by atoms with van der Waals surface area (Å²) in [6.07, 6.45) is 4.35. The predicted molar refractivity (Wildman–Crippen MR) is 146 cm³/mol. The smallest absolute Gasteiger partial charge is 0.0616 e. The molecule has 0 fully saturated rings. The van der Waals surface area contributed by atoms with Crippen molar-refractivity contribution in [2.24, 2.45) is 0 Å². The van der Waals surface area contributed by atoms with Crippen molar-refractivity contribution in [3.8, 4) is 22.3 Å². The molecule has 0 N–H and O–H groups in total. The Labute approximate surface area is 202 Å². The van der Waals surface area contributed by atoms with Crippen LogP contribution in [0.15, 0.2) is 103 Å². The van der Waals surface area contributed by atoms with Crippen LogP contribution >= 0.6 is 0 Å². The van der Waals surface area contributed by atoms with Gasteiger partial charge < -0.3 is 4.40 Å².